The van der Waals surface area contributed by atoms with E-state index in [1.54, 1.807) is 16.5 Å². The van der Waals surface area contributed by atoms with Gasteiger partial charge in [-0.3, -0.25) is 9.69 Å². The van der Waals surface area contributed by atoms with Gasteiger partial charge in [-0.25, -0.2) is 9.66 Å². The Kier molecular flexibility index (Phi) is 5.36. The highest BCUT2D eigenvalue weighted by molar-refractivity contribution is 7.98. The van der Waals surface area contributed by atoms with E-state index in [1.165, 1.54) is 28.7 Å². The number of benzene rings is 1. The van der Waals surface area contributed by atoms with Crippen LogP contribution in [0.2, 0.25) is 0 Å². The molecule has 1 aromatic carbocycles. The second-order valence-electron chi connectivity index (χ2n) is 6.77. The number of nitrogens with two attached hydrogens (primary N) is 1. The highest BCUT2D eigenvalue weighted by Crippen LogP contribution is 2.39. The standard InChI is InChI=1S/C19H22N6OS2/c1-3-13-4-8-16(9-5-13)24(12(2)26)18-21-15(10-27-18)11-28-19-23-22-17(25(19)20)14-6-7-14/h4-5,8-10,14H,3,6-7,11,20H2,1-2H3. The van der Waals surface area contributed by atoms with Gasteiger partial charge in [0, 0.05) is 24.0 Å². The molecule has 1 aliphatic carbocycles. The van der Waals surface area contributed by atoms with E-state index >= 15 is 0 Å². The Labute approximate surface area is 172 Å². The molecule has 3 aromatic rings. The molecule has 1 aliphatic rings. The maximum absolute atomic E-state index is 12.3. The molecule has 7 nitrogen and oxygen atoms in total. The normalized spacial score (nSPS) is 13.6. The maximum Gasteiger partial charge on any atom is 0.230 e. The highest BCUT2D eigenvalue weighted by Gasteiger charge is 2.30. The van der Waals surface area contributed by atoms with E-state index < -0.39 is 0 Å². The summed E-state index contributed by atoms with van der Waals surface area (Å²) < 4.78 is 1.59. The summed E-state index contributed by atoms with van der Waals surface area (Å²) in [5.41, 5.74) is 2.95. The van der Waals surface area contributed by atoms with Crippen LogP contribution in [0.1, 0.15) is 49.7 Å². The molecule has 0 atom stereocenters. The lowest BCUT2D eigenvalue weighted by Gasteiger charge is -2.18. The summed E-state index contributed by atoms with van der Waals surface area (Å²) in [5.74, 6) is 7.98. The van der Waals surface area contributed by atoms with Gasteiger partial charge in [-0.05, 0) is 37.0 Å². The van der Waals surface area contributed by atoms with Crippen molar-refractivity contribution >= 4 is 39.8 Å². The number of aromatic nitrogens is 4. The Morgan fingerprint density at radius 3 is 2.71 bits per heavy atom. The van der Waals surface area contributed by atoms with Crippen molar-refractivity contribution in [3.63, 3.8) is 0 Å². The van der Waals surface area contributed by atoms with Crippen LogP contribution >= 0.6 is 23.1 Å². The molecule has 1 saturated carbocycles. The largest absolute Gasteiger partial charge is 0.336 e. The minimum absolute atomic E-state index is 0.0615. The van der Waals surface area contributed by atoms with E-state index in [2.05, 4.69) is 22.1 Å². The number of aryl methyl sites for hydroxylation is 1. The third kappa shape index (κ3) is 3.90. The average Bonchev–Trinajstić information content (AvgIpc) is 3.32. The van der Waals surface area contributed by atoms with Crippen molar-refractivity contribution in [2.24, 2.45) is 0 Å². The molecule has 0 bridgehead atoms. The Morgan fingerprint density at radius 1 is 1.32 bits per heavy atom. The number of hydrogen-bond donors (Lipinski definition) is 1. The molecule has 0 spiro atoms. The van der Waals surface area contributed by atoms with Crippen molar-refractivity contribution in [1.29, 1.82) is 0 Å². The van der Waals surface area contributed by atoms with E-state index in [0.29, 0.717) is 22.0 Å². The van der Waals surface area contributed by atoms with Crippen LogP contribution in [0.3, 0.4) is 0 Å². The number of hydrogen-bond acceptors (Lipinski definition) is 7. The third-order valence-electron chi connectivity index (χ3n) is 4.63. The van der Waals surface area contributed by atoms with Crippen LogP contribution in [0.25, 0.3) is 0 Å². The molecule has 2 heterocycles. The summed E-state index contributed by atoms with van der Waals surface area (Å²) in [7, 11) is 0. The Hall–Kier alpha value is -2.39. The van der Waals surface area contributed by atoms with Gasteiger partial charge in [0.1, 0.15) is 0 Å². The number of carbonyl (C=O) groups is 1. The summed E-state index contributed by atoms with van der Waals surface area (Å²) in [6.07, 6.45) is 3.23. The van der Waals surface area contributed by atoms with Gasteiger partial charge in [0.2, 0.25) is 11.1 Å². The molecule has 146 valence electrons. The van der Waals surface area contributed by atoms with E-state index in [0.717, 1.165) is 36.5 Å². The number of thiazole rings is 1. The number of nitrogen functional groups attached to an aromatic ring is 1. The summed E-state index contributed by atoms with van der Waals surface area (Å²) in [6.45, 7) is 3.66. The molecule has 0 unspecified atom stereocenters. The molecule has 2 aromatic heterocycles. The molecular weight excluding hydrogens is 392 g/mol. The van der Waals surface area contributed by atoms with Crippen molar-refractivity contribution in [3.8, 4) is 0 Å². The quantitative estimate of drug-likeness (QED) is 0.466. The van der Waals surface area contributed by atoms with Gasteiger partial charge in [0.15, 0.2) is 11.0 Å². The van der Waals surface area contributed by atoms with E-state index in [1.807, 2.05) is 29.6 Å². The van der Waals surface area contributed by atoms with Crippen LogP contribution in [0.4, 0.5) is 10.8 Å². The molecule has 1 amide bonds. The van der Waals surface area contributed by atoms with Gasteiger partial charge in [0.25, 0.3) is 0 Å². The van der Waals surface area contributed by atoms with Crippen LogP contribution in [-0.2, 0) is 17.0 Å². The van der Waals surface area contributed by atoms with E-state index in [-0.39, 0.29) is 5.91 Å². The maximum atomic E-state index is 12.3. The minimum Gasteiger partial charge on any atom is -0.336 e. The van der Waals surface area contributed by atoms with Gasteiger partial charge < -0.3 is 5.84 Å². The summed E-state index contributed by atoms with van der Waals surface area (Å²) >= 11 is 2.96. The fraction of sp³-hybridized carbons (Fsp3) is 0.368. The molecule has 28 heavy (non-hydrogen) atoms. The lowest BCUT2D eigenvalue weighted by atomic mass is 10.1. The number of amides is 1. The Bertz CT molecular complexity index is 977. The molecule has 0 radical (unpaired) electrons. The van der Waals surface area contributed by atoms with Gasteiger partial charge >= 0.3 is 0 Å². The van der Waals surface area contributed by atoms with Crippen LogP contribution in [0.5, 0.6) is 0 Å². The number of rotatable bonds is 7. The summed E-state index contributed by atoms with van der Waals surface area (Å²) in [6, 6.07) is 8.01. The number of carbonyl (C=O) groups excluding carboxylic acids is 1. The minimum atomic E-state index is -0.0615. The number of anilines is 2. The second kappa shape index (κ2) is 7.92. The molecule has 0 aliphatic heterocycles. The first-order valence-electron chi connectivity index (χ1n) is 9.24. The molecular formula is C19H22N6OS2. The monoisotopic (exact) mass is 414 g/mol. The zero-order valence-electron chi connectivity index (χ0n) is 15.8. The van der Waals surface area contributed by atoms with Crippen LogP contribution in [0, 0.1) is 0 Å². The number of thioether (sulfide) groups is 1. The van der Waals surface area contributed by atoms with Gasteiger partial charge in [0.05, 0.1) is 11.4 Å². The van der Waals surface area contributed by atoms with Gasteiger partial charge in [-0.1, -0.05) is 30.8 Å². The fourth-order valence-corrected chi connectivity index (χ4v) is 4.67. The predicted octanol–water partition coefficient (Wildman–Crippen LogP) is 3.87. The lowest BCUT2D eigenvalue weighted by molar-refractivity contribution is -0.115. The summed E-state index contributed by atoms with van der Waals surface area (Å²) in [5, 5.41) is 11.7. The molecule has 4 rings (SSSR count). The fourth-order valence-electron chi connectivity index (χ4n) is 2.92. The second-order valence-corrected chi connectivity index (χ2v) is 8.55. The van der Waals surface area contributed by atoms with E-state index in [4.69, 9.17) is 5.84 Å². The van der Waals surface area contributed by atoms with Crippen molar-refractivity contribution in [3.05, 3.63) is 46.7 Å². The molecule has 1 fully saturated rings. The topological polar surface area (TPSA) is 89.9 Å². The first kappa shape index (κ1) is 18.9. The van der Waals surface area contributed by atoms with Crippen molar-refractivity contribution in [2.45, 2.75) is 49.9 Å². The van der Waals surface area contributed by atoms with Crippen LogP contribution in [0.15, 0.2) is 34.8 Å². The zero-order valence-corrected chi connectivity index (χ0v) is 17.5. The van der Waals surface area contributed by atoms with Gasteiger partial charge in [-0.2, -0.15) is 0 Å². The summed E-state index contributed by atoms with van der Waals surface area (Å²) in [4.78, 5) is 18.6. The Balaban J connectivity index is 1.47. The van der Waals surface area contributed by atoms with Crippen LogP contribution in [-0.4, -0.2) is 25.8 Å². The van der Waals surface area contributed by atoms with Crippen molar-refractivity contribution < 1.29 is 4.79 Å². The first-order chi connectivity index (χ1) is 13.6. The molecule has 0 saturated heterocycles. The third-order valence-corrected chi connectivity index (χ3v) is 6.48. The highest BCUT2D eigenvalue weighted by atomic mass is 32.2. The smallest absolute Gasteiger partial charge is 0.230 e. The van der Waals surface area contributed by atoms with Crippen molar-refractivity contribution in [1.82, 2.24) is 19.9 Å². The van der Waals surface area contributed by atoms with Crippen molar-refractivity contribution in [2.75, 3.05) is 10.7 Å². The zero-order chi connectivity index (χ0) is 19.7. The van der Waals surface area contributed by atoms with Gasteiger partial charge in [-0.15, -0.1) is 21.5 Å². The molecule has 9 heteroatoms. The average molecular weight is 415 g/mol. The molecule has 2 N–H and O–H groups in total. The SMILES string of the molecule is CCc1ccc(N(C(C)=O)c2nc(CSc3nnc(C4CC4)n3N)cs2)cc1. The predicted molar refractivity (Wildman–Crippen MR) is 112 cm³/mol. The first-order valence-corrected chi connectivity index (χ1v) is 11.1. The number of nitrogens with zero attached hydrogens (tertiary/aromatic N) is 5. The van der Waals surface area contributed by atoms with E-state index in [9.17, 15) is 4.79 Å². The Morgan fingerprint density at radius 2 is 2.07 bits per heavy atom. The lowest BCUT2D eigenvalue weighted by Crippen LogP contribution is -2.22. The van der Waals surface area contributed by atoms with Crippen LogP contribution < -0.4 is 10.7 Å².